The molecule has 0 aliphatic heterocycles. The van der Waals surface area contributed by atoms with E-state index in [0.717, 1.165) is 25.7 Å². The number of amides is 1. The second-order valence-electron chi connectivity index (χ2n) is 8.25. The molecule has 2 aromatic rings. The third-order valence-corrected chi connectivity index (χ3v) is 6.18. The Bertz CT molecular complexity index is 947. The topological polar surface area (TPSA) is 117 Å². The van der Waals surface area contributed by atoms with Crippen LogP contribution in [0.15, 0.2) is 35.4 Å². The molecule has 0 radical (unpaired) electrons. The van der Waals surface area contributed by atoms with Crippen molar-refractivity contribution in [3.8, 4) is 5.69 Å². The Morgan fingerprint density at radius 3 is 2.58 bits per heavy atom. The number of aliphatic hydroxyl groups is 3. The van der Waals surface area contributed by atoms with Crippen LogP contribution in [-0.4, -0.2) is 55.2 Å². The second-order valence-corrected chi connectivity index (χ2v) is 8.66. The smallest absolute Gasteiger partial charge is 0.332 e. The van der Waals surface area contributed by atoms with Crippen LogP contribution in [0.1, 0.15) is 55.3 Å². The highest BCUT2D eigenvalue weighted by Crippen LogP contribution is 2.27. The van der Waals surface area contributed by atoms with Gasteiger partial charge < -0.3 is 20.6 Å². The third-order valence-electron chi connectivity index (χ3n) is 5.85. The summed E-state index contributed by atoms with van der Waals surface area (Å²) in [4.78, 5) is 25.4. The largest absolute Gasteiger partial charge is 0.394 e. The van der Waals surface area contributed by atoms with Crippen molar-refractivity contribution in [3.63, 3.8) is 0 Å². The van der Waals surface area contributed by atoms with Crippen LogP contribution in [0.3, 0.4) is 0 Å². The Balaban J connectivity index is 1.73. The van der Waals surface area contributed by atoms with Gasteiger partial charge in [0, 0.05) is 25.5 Å². The number of nitrogens with one attached hydrogen (secondary N) is 1. The molecule has 0 saturated heterocycles. The number of hydrogen-bond acceptors (Lipinski definition) is 5. The van der Waals surface area contributed by atoms with E-state index in [4.69, 9.17) is 16.7 Å². The van der Waals surface area contributed by atoms with Crippen molar-refractivity contribution in [3.05, 3.63) is 51.7 Å². The Morgan fingerprint density at radius 2 is 1.90 bits per heavy atom. The van der Waals surface area contributed by atoms with Crippen LogP contribution >= 0.6 is 11.6 Å². The summed E-state index contributed by atoms with van der Waals surface area (Å²) >= 11 is 6.24. The molecule has 3 rings (SSSR count). The molecule has 1 heterocycles. The Hall–Kier alpha value is -2.13. The van der Waals surface area contributed by atoms with E-state index in [9.17, 15) is 19.8 Å². The first-order chi connectivity index (χ1) is 14.8. The van der Waals surface area contributed by atoms with Crippen molar-refractivity contribution in [2.75, 3.05) is 13.2 Å². The van der Waals surface area contributed by atoms with Gasteiger partial charge in [0.1, 0.15) is 0 Å². The lowest BCUT2D eigenvalue weighted by atomic mass is 9.94. The molecule has 9 heteroatoms. The van der Waals surface area contributed by atoms with Crippen LogP contribution in [0.4, 0.5) is 0 Å². The zero-order valence-corrected chi connectivity index (χ0v) is 18.2. The summed E-state index contributed by atoms with van der Waals surface area (Å²) < 4.78 is 2.81. The maximum atomic E-state index is 12.8. The third kappa shape index (κ3) is 5.98. The molecule has 1 atom stereocenters. The Morgan fingerprint density at radius 1 is 1.19 bits per heavy atom. The van der Waals surface area contributed by atoms with E-state index in [1.807, 2.05) is 0 Å². The van der Waals surface area contributed by atoms with E-state index in [0.29, 0.717) is 18.5 Å². The molecule has 1 aliphatic rings. The van der Waals surface area contributed by atoms with Gasteiger partial charge in [-0.15, -0.1) is 0 Å². The molecule has 1 aliphatic carbocycles. The fraction of sp³-hybridized carbons (Fsp3) is 0.545. The minimum atomic E-state index is -0.899. The van der Waals surface area contributed by atoms with Crippen LogP contribution in [0.5, 0.6) is 0 Å². The van der Waals surface area contributed by atoms with Crippen LogP contribution in [-0.2, 0) is 6.54 Å². The van der Waals surface area contributed by atoms with Gasteiger partial charge in [0.15, 0.2) is 0 Å². The van der Waals surface area contributed by atoms with Gasteiger partial charge in [-0.1, -0.05) is 37.3 Å². The van der Waals surface area contributed by atoms with E-state index in [1.165, 1.54) is 9.13 Å². The van der Waals surface area contributed by atoms with Gasteiger partial charge in [-0.05, 0) is 37.5 Å². The normalized spacial score (nSPS) is 17.2. The number of halogens is 1. The monoisotopic (exact) mass is 451 g/mol. The SMILES string of the molecule is O=C(NCC1(O)CCCCCC1)c1cc(-n2ccn(CCC(O)CO)c2=O)ccc1Cl. The quantitative estimate of drug-likeness (QED) is 0.457. The fourth-order valence-electron chi connectivity index (χ4n) is 3.90. The van der Waals surface area contributed by atoms with Gasteiger partial charge in [-0.3, -0.25) is 13.9 Å². The second kappa shape index (κ2) is 10.5. The molecule has 1 aromatic heterocycles. The molecule has 4 N–H and O–H groups in total. The lowest BCUT2D eigenvalue weighted by molar-refractivity contribution is 0.0246. The standard InChI is InChI=1S/C22H30ClN3O5/c23-19-6-5-16(26-12-11-25(21(26)30)10-7-17(28)14-27)13-18(19)20(29)24-15-22(31)8-3-1-2-4-9-22/h5-6,11-13,17,27-28,31H,1-4,7-10,14-15H2,(H,24,29). The number of rotatable bonds is 8. The Kier molecular flexibility index (Phi) is 7.94. The number of aromatic nitrogens is 2. The summed E-state index contributed by atoms with van der Waals surface area (Å²) in [7, 11) is 0. The number of aliphatic hydroxyl groups excluding tert-OH is 2. The first-order valence-electron chi connectivity index (χ1n) is 10.7. The molecule has 1 fully saturated rings. The lowest BCUT2D eigenvalue weighted by Gasteiger charge is -2.26. The number of carbonyl (C=O) groups is 1. The van der Waals surface area contributed by atoms with Crippen molar-refractivity contribution in [1.82, 2.24) is 14.5 Å². The minimum Gasteiger partial charge on any atom is -0.394 e. The van der Waals surface area contributed by atoms with E-state index >= 15 is 0 Å². The molecule has 170 valence electrons. The van der Waals surface area contributed by atoms with Crippen molar-refractivity contribution >= 4 is 17.5 Å². The fourth-order valence-corrected chi connectivity index (χ4v) is 4.10. The molecule has 1 aromatic carbocycles. The number of benzene rings is 1. The molecule has 8 nitrogen and oxygen atoms in total. The predicted octanol–water partition coefficient (Wildman–Crippen LogP) is 1.85. The maximum absolute atomic E-state index is 12.8. The average Bonchev–Trinajstić information content (AvgIpc) is 2.98. The van der Waals surface area contributed by atoms with Crippen LogP contribution < -0.4 is 11.0 Å². The van der Waals surface area contributed by atoms with Crippen molar-refractivity contribution in [2.45, 2.75) is 63.2 Å². The highest BCUT2D eigenvalue weighted by atomic mass is 35.5. The van der Waals surface area contributed by atoms with Gasteiger partial charge in [0.2, 0.25) is 0 Å². The van der Waals surface area contributed by atoms with Crippen molar-refractivity contribution < 1.29 is 20.1 Å². The van der Waals surface area contributed by atoms with Gasteiger partial charge in [-0.25, -0.2) is 4.79 Å². The van der Waals surface area contributed by atoms with E-state index in [1.54, 1.807) is 30.6 Å². The molecule has 0 bridgehead atoms. The number of carbonyl (C=O) groups excluding carboxylic acids is 1. The highest BCUT2D eigenvalue weighted by molar-refractivity contribution is 6.33. The van der Waals surface area contributed by atoms with Crippen molar-refractivity contribution in [1.29, 1.82) is 0 Å². The molecule has 1 saturated carbocycles. The summed E-state index contributed by atoms with van der Waals surface area (Å²) in [5.41, 5.74) is -0.517. The zero-order chi connectivity index (χ0) is 22.4. The van der Waals surface area contributed by atoms with E-state index in [2.05, 4.69) is 5.32 Å². The highest BCUT2D eigenvalue weighted by Gasteiger charge is 2.28. The van der Waals surface area contributed by atoms with Gasteiger partial charge in [0.25, 0.3) is 5.91 Å². The molecule has 1 amide bonds. The first-order valence-corrected chi connectivity index (χ1v) is 11.1. The van der Waals surface area contributed by atoms with Crippen LogP contribution in [0.2, 0.25) is 5.02 Å². The van der Waals surface area contributed by atoms with Crippen LogP contribution in [0.25, 0.3) is 5.69 Å². The molecular weight excluding hydrogens is 422 g/mol. The zero-order valence-electron chi connectivity index (χ0n) is 17.5. The number of imidazole rings is 1. The summed E-state index contributed by atoms with van der Waals surface area (Å²) in [6.07, 6.45) is 7.92. The van der Waals surface area contributed by atoms with Crippen LogP contribution in [0, 0.1) is 0 Å². The van der Waals surface area contributed by atoms with Gasteiger partial charge >= 0.3 is 5.69 Å². The summed E-state index contributed by atoms with van der Waals surface area (Å²) in [6, 6.07) is 4.75. The van der Waals surface area contributed by atoms with Crippen molar-refractivity contribution in [2.24, 2.45) is 0 Å². The predicted molar refractivity (Wildman–Crippen MR) is 118 cm³/mol. The van der Waals surface area contributed by atoms with Gasteiger partial charge in [-0.2, -0.15) is 0 Å². The lowest BCUT2D eigenvalue weighted by Crippen LogP contribution is -2.42. The Labute approximate surface area is 186 Å². The van der Waals surface area contributed by atoms with E-state index < -0.39 is 17.6 Å². The average molecular weight is 452 g/mol. The molecule has 31 heavy (non-hydrogen) atoms. The summed E-state index contributed by atoms with van der Waals surface area (Å²) in [6.45, 7) is 0.0587. The summed E-state index contributed by atoms with van der Waals surface area (Å²) in [5.74, 6) is -0.400. The number of aryl methyl sites for hydroxylation is 1. The van der Waals surface area contributed by atoms with Gasteiger partial charge in [0.05, 0.1) is 34.6 Å². The van der Waals surface area contributed by atoms with E-state index in [-0.39, 0.29) is 42.4 Å². The molecule has 1 unspecified atom stereocenters. The first kappa shape index (κ1) is 23.5. The number of nitrogens with zero attached hydrogens (tertiary/aromatic N) is 2. The molecule has 0 spiro atoms. The molecular formula is C22H30ClN3O5. The number of hydrogen-bond donors (Lipinski definition) is 4. The minimum absolute atomic E-state index is 0.163. The summed E-state index contributed by atoms with van der Waals surface area (Å²) in [5, 5.41) is 32.2. The maximum Gasteiger partial charge on any atom is 0.332 e.